The van der Waals surface area contributed by atoms with Gasteiger partial charge >= 0.3 is 5.97 Å². The Labute approximate surface area is 175 Å². The predicted octanol–water partition coefficient (Wildman–Crippen LogP) is 5.19. The summed E-state index contributed by atoms with van der Waals surface area (Å²) < 4.78 is 17.1. The number of carboxylic acid groups (broad SMARTS) is 1. The molecular weight excluding hydrogens is 382 g/mol. The van der Waals surface area contributed by atoms with Crippen LogP contribution in [0.3, 0.4) is 0 Å². The second-order valence-corrected chi connectivity index (χ2v) is 7.70. The molecule has 1 aromatic heterocycles. The number of H-pyrrole nitrogens is 1. The van der Waals surface area contributed by atoms with Crippen LogP contribution in [0.15, 0.2) is 36.4 Å². The van der Waals surface area contributed by atoms with Gasteiger partial charge in [-0.2, -0.15) is 0 Å². The van der Waals surface area contributed by atoms with E-state index in [9.17, 15) is 9.90 Å². The predicted molar refractivity (Wildman–Crippen MR) is 116 cm³/mol. The zero-order valence-corrected chi connectivity index (χ0v) is 17.4. The molecular formula is C24H27NO5. The molecule has 1 aliphatic carbocycles. The molecule has 30 heavy (non-hydrogen) atoms. The number of aromatic nitrogens is 1. The molecule has 3 aromatic rings. The number of aliphatic carboxylic acids is 1. The zero-order valence-electron chi connectivity index (χ0n) is 17.4. The van der Waals surface area contributed by atoms with Crippen molar-refractivity contribution in [3.63, 3.8) is 0 Å². The molecule has 0 atom stereocenters. The summed E-state index contributed by atoms with van der Waals surface area (Å²) in [7, 11) is 3.20. The SMILES string of the molecule is COc1ccc(OC)c(-c2[nH]c3ccc(OC4CCCCC4)cc3c2CC(=O)O)c1. The van der Waals surface area contributed by atoms with E-state index in [1.807, 2.05) is 36.4 Å². The highest BCUT2D eigenvalue weighted by molar-refractivity contribution is 5.95. The molecule has 158 valence electrons. The molecule has 0 spiro atoms. The summed E-state index contributed by atoms with van der Waals surface area (Å²) >= 11 is 0. The average Bonchev–Trinajstić information content (AvgIpc) is 3.11. The summed E-state index contributed by atoms with van der Waals surface area (Å²) in [6.45, 7) is 0. The minimum absolute atomic E-state index is 0.109. The number of hydrogen-bond acceptors (Lipinski definition) is 4. The zero-order chi connectivity index (χ0) is 21.1. The Balaban J connectivity index is 1.81. The Bertz CT molecular complexity index is 1050. The van der Waals surface area contributed by atoms with Crippen molar-refractivity contribution in [2.24, 2.45) is 0 Å². The quantitative estimate of drug-likeness (QED) is 0.561. The van der Waals surface area contributed by atoms with E-state index >= 15 is 0 Å². The van der Waals surface area contributed by atoms with E-state index in [0.29, 0.717) is 17.1 Å². The molecule has 0 amide bonds. The number of ether oxygens (including phenoxy) is 3. The van der Waals surface area contributed by atoms with Crippen LogP contribution in [0.2, 0.25) is 0 Å². The van der Waals surface area contributed by atoms with Gasteiger partial charge in [-0.15, -0.1) is 0 Å². The van der Waals surface area contributed by atoms with Gasteiger partial charge in [0.05, 0.1) is 32.4 Å². The highest BCUT2D eigenvalue weighted by atomic mass is 16.5. The number of hydrogen-bond donors (Lipinski definition) is 2. The molecule has 0 unspecified atom stereocenters. The number of carbonyl (C=O) groups is 1. The van der Waals surface area contributed by atoms with Gasteiger partial charge in [0.2, 0.25) is 0 Å². The Morgan fingerprint density at radius 2 is 1.80 bits per heavy atom. The molecule has 1 aliphatic rings. The first-order valence-electron chi connectivity index (χ1n) is 10.3. The van der Waals surface area contributed by atoms with Crippen LogP contribution in [-0.2, 0) is 11.2 Å². The maximum atomic E-state index is 11.7. The van der Waals surface area contributed by atoms with Crippen LogP contribution in [0.5, 0.6) is 17.2 Å². The Morgan fingerprint density at radius 1 is 1.03 bits per heavy atom. The molecule has 4 rings (SSSR count). The molecule has 6 nitrogen and oxygen atoms in total. The van der Waals surface area contributed by atoms with Crippen LogP contribution in [0.4, 0.5) is 0 Å². The van der Waals surface area contributed by atoms with Crippen molar-refractivity contribution in [3.8, 4) is 28.5 Å². The topological polar surface area (TPSA) is 80.8 Å². The van der Waals surface area contributed by atoms with Gasteiger partial charge in [-0.05, 0) is 67.6 Å². The van der Waals surface area contributed by atoms with Gasteiger partial charge in [-0.1, -0.05) is 6.42 Å². The molecule has 2 aromatic carbocycles. The summed E-state index contributed by atoms with van der Waals surface area (Å²) in [5.74, 6) is 1.21. The second-order valence-electron chi connectivity index (χ2n) is 7.70. The molecule has 6 heteroatoms. The van der Waals surface area contributed by atoms with Crippen LogP contribution < -0.4 is 14.2 Å². The fourth-order valence-corrected chi connectivity index (χ4v) is 4.25. The van der Waals surface area contributed by atoms with Crippen molar-refractivity contribution in [1.82, 2.24) is 4.98 Å². The third-order valence-electron chi connectivity index (χ3n) is 5.74. The number of rotatable bonds is 7. The lowest BCUT2D eigenvalue weighted by Gasteiger charge is -2.23. The molecule has 1 saturated carbocycles. The van der Waals surface area contributed by atoms with E-state index in [4.69, 9.17) is 14.2 Å². The van der Waals surface area contributed by atoms with E-state index in [2.05, 4.69) is 4.98 Å². The van der Waals surface area contributed by atoms with Crippen molar-refractivity contribution >= 4 is 16.9 Å². The van der Waals surface area contributed by atoms with Gasteiger partial charge in [0.25, 0.3) is 0 Å². The minimum Gasteiger partial charge on any atom is -0.497 e. The van der Waals surface area contributed by atoms with Gasteiger partial charge in [0.1, 0.15) is 17.2 Å². The second kappa shape index (κ2) is 8.69. The van der Waals surface area contributed by atoms with Crippen molar-refractivity contribution < 1.29 is 24.1 Å². The Morgan fingerprint density at radius 3 is 2.50 bits per heavy atom. The van der Waals surface area contributed by atoms with Gasteiger partial charge < -0.3 is 24.3 Å². The van der Waals surface area contributed by atoms with Gasteiger partial charge in [0.15, 0.2) is 0 Å². The van der Waals surface area contributed by atoms with Crippen LogP contribution in [-0.4, -0.2) is 36.4 Å². The number of benzene rings is 2. The smallest absolute Gasteiger partial charge is 0.307 e. The molecule has 0 bridgehead atoms. The van der Waals surface area contributed by atoms with Crippen molar-refractivity contribution in [2.45, 2.75) is 44.6 Å². The number of nitrogens with one attached hydrogen (secondary N) is 1. The minimum atomic E-state index is -0.891. The van der Waals surface area contributed by atoms with Crippen molar-refractivity contribution in [1.29, 1.82) is 0 Å². The Hall–Kier alpha value is -3.15. The van der Waals surface area contributed by atoms with Gasteiger partial charge in [-0.25, -0.2) is 0 Å². The van der Waals surface area contributed by atoms with Crippen molar-refractivity contribution in [3.05, 3.63) is 42.0 Å². The van der Waals surface area contributed by atoms with E-state index in [1.165, 1.54) is 19.3 Å². The fourth-order valence-electron chi connectivity index (χ4n) is 4.25. The first-order valence-corrected chi connectivity index (χ1v) is 10.3. The summed E-state index contributed by atoms with van der Waals surface area (Å²) in [6, 6.07) is 11.3. The fraction of sp³-hybridized carbons (Fsp3) is 0.375. The van der Waals surface area contributed by atoms with Crippen LogP contribution in [0, 0.1) is 0 Å². The van der Waals surface area contributed by atoms with E-state index in [-0.39, 0.29) is 12.5 Å². The standard InChI is InChI=1S/C24H27NO5/c1-28-16-9-11-22(29-2)20(12-16)24-19(14-23(26)27)18-13-17(8-10-21(18)25-24)30-15-6-4-3-5-7-15/h8-13,15,25H,3-7,14H2,1-2H3,(H,26,27). The maximum absolute atomic E-state index is 11.7. The van der Waals surface area contributed by atoms with E-state index in [0.717, 1.165) is 40.8 Å². The van der Waals surface area contributed by atoms with Gasteiger partial charge in [0, 0.05) is 16.5 Å². The molecule has 1 heterocycles. The van der Waals surface area contributed by atoms with Crippen LogP contribution in [0.25, 0.3) is 22.2 Å². The van der Waals surface area contributed by atoms with Crippen LogP contribution in [0.1, 0.15) is 37.7 Å². The normalized spacial score (nSPS) is 14.6. The number of fused-ring (bicyclic) bond motifs is 1. The van der Waals surface area contributed by atoms with E-state index in [1.54, 1.807) is 14.2 Å². The third-order valence-corrected chi connectivity index (χ3v) is 5.74. The lowest BCUT2D eigenvalue weighted by atomic mass is 9.97. The molecule has 1 fully saturated rings. The monoisotopic (exact) mass is 409 g/mol. The van der Waals surface area contributed by atoms with E-state index < -0.39 is 5.97 Å². The molecule has 0 radical (unpaired) electrons. The summed E-state index contributed by atoms with van der Waals surface area (Å²) in [6.07, 6.45) is 5.92. The first-order chi connectivity index (χ1) is 14.6. The Kier molecular flexibility index (Phi) is 5.84. The lowest BCUT2D eigenvalue weighted by Crippen LogP contribution is -2.19. The largest absolute Gasteiger partial charge is 0.497 e. The third kappa shape index (κ3) is 4.08. The summed E-state index contributed by atoms with van der Waals surface area (Å²) in [4.78, 5) is 15.1. The highest BCUT2D eigenvalue weighted by Crippen LogP contribution is 2.39. The number of aromatic amines is 1. The lowest BCUT2D eigenvalue weighted by molar-refractivity contribution is -0.136. The number of methoxy groups -OCH3 is 2. The number of carboxylic acids is 1. The van der Waals surface area contributed by atoms with Gasteiger partial charge in [-0.3, -0.25) is 4.79 Å². The summed E-state index contributed by atoms with van der Waals surface area (Å²) in [5, 5.41) is 10.4. The molecule has 2 N–H and O–H groups in total. The average molecular weight is 409 g/mol. The highest BCUT2D eigenvalue weighted by Gasteiger charge is 2.21. The summed E-state index contributed by atoms with van der Waals surface area (Å²) in [5.41, 5.74) is 3.05. The molecule has 0 saturated heterocycles. The van der Waals surface area contributed by atoms with Crippen LogP contribution >= 0.6 is 0 Å². The first kappa shape index (κ1) is 20.1. The maximum Gasteiger partial charge on any atom is 0.307 e. The molecule has 0 aliphatic heterocycles. The van der Waals surface area contributed by atoms with Crippen molar-refractivity contribution in [2.75, 3.05) is 14.2 Å².